The molecule has 1 aromatic carbocycles. The first kappa shape index (κ1) is 15.3. The van der Waals surface area contributed by atoms with Crippen molar-refractivity contribution >= 4 is 22.7 Å². The lowest BCUT2D eigenvalue weighted by atomic mass is 10.1. The largest absolute Gasteiger partial charge is 0.478 e. The van der Waals surface area contributed by atoms with Crippen molar-refractivity contribution in [3.05, 3.63) is 35.9 Å². The molecule has 0 radical (unpaired) electrons. The molecule has 5 heteroatoms. The number of rotatable bonds is 7. The Kier molecular flexibility index (Phi) is 5.11. The Balaban J connectivity index is 2.28. The fraction of sp³-hybridized carbons (Fsp3) is 0.375. The Morgan fingerprint density at radius 3 is 2.86 bits per heavy atom. The predicted molar refractivity (Wildman–Crippen MR) is 82.9 cm³/mol. The highest BCUT2D eigenvalue weighted by atomic mass is 16.5. The predicted octanol–water partition coefficient (Wildman–Crippen LogP) is 3.16. The molecule has 2 rings (SSSR count). The van der Waals surface area contributed by atoms with Crippen LogP contribution >= 0.6 is 0 Å². The maximum atomic E-state index is 11.2. The van der Waals surface area contributed by atoms with Crippen molar-refractivity contribution in [3.63, 3.8) is 0 Å². The minimum atomic E-state index is -0.939. The molecule has 0 saturated carbocycles. The molecule has 112 valence electrons. The summed E-state index contributed by atoms with van der Waals surface area (Å²) in [7, 11) is 1.68. The van der Waals surface area contributed by atoms with Crippen molar-refractivity contribution in [1.29, 1.82) is 0 Å². The zero-order valence-corrected chi connectivity index (χ0v) is 12.3. The molecule has 0 aliphatic rings. The first-order valence-corrected chi connectivity index (χ1v) is 7.04. The molecule has 2 N–H and O–H groups in total. The minimum Gasteiger partial charge on any atom is -0.478 e. The average Bonchev–Trinajstić information content (AvgIpc) is 2.46. The highest BCUT2D eigenvalue weighted by Gasteiger charge is 2.11. The van der Waals surface area contributed by atoms with Crippen molar-refractivity contribution in [2.45, 2.75) is 25.8 Å². The first-order chi connectivity index (χ1) is 10.2. The summed E-state index contributed by atoms with van der Waals surface area (Å²) in [6, 6.07) is 8.92. The number of anilines is 1. The van der Waals surface area contributed by atoms with Gasteiger partial charge >= 0.3 is 5.97 Å². The number of methoxy groups -OCH3 is 1. The second-order valence-electron chi connectivity index (χ2n) is 4.96. The number of fused-ring (bicyclic) bond motifs is 1. The Morgan fingerprint density at radius 2 is 2.19 bits per heavy atom. The topological polar surface area (TPSA) is 71.5 Å². The van der Waals surface area contributed by atoms with E-state index in [0.717, 1.165) is 18.7 Å². The number of aromatic nitrogens is 1. The lowest BCUT2D eigenvalue weighted by molar-refractivity contribution is 0.0699. The molecule has 2 aromatic rings. The van der Waals surface area contributed by atoms with E-state index >= 15 is 0 Å². The molecule has 0 fully saturated rings. The van der Waals surface area contributed by atoms with Gasteiger partial charge in [0.15, 0.2) is 0 Å². The van der Waals surface area contributed by atoms with E-state index in [1.165, 1.54) is 0 Å². The van der Waals surface area contributed by atoms with Crippen LogP contribution in [0.4, 0.5) is 5.82 Å². The third-order valence-electron chi connectivity index (χ3n) is 3.32. The van der Waals surface area contributed by atoms with Crippen LogP contribution in [-0.4, -0.2) is 35.8 Å². The Hall–Kier alpha value is -2.14. The highest BCUT2D eigenvalue weighted by Crippen LogP contribution is 2.20. The molecule has 5 nitrogen and oxygen atoms in total. The summed E-state index contributed by atoms with van der Waals surface area (Å²) in [5, 5.41) is 13.2. The number of carboxylic acids is 1. The first-order valence-electron chi connectivity index (χ1n) is 7.04. The number of hydrogen-bond acceptors (Lipinski definition) is 4. The third kappa shape index (κ3) is 3.70. The number of benzene rings is 1. The number of hydrogen-bond donors (Lipinski definition) is 2. The second kappa shape index (κ2) is 7.04. The van der Waals surface area contributed by atoms with E-state index in [4.69, 9.17) is 4.74 Å². The number of carboxylic acid groups (broad SMARTS) is 1. The van der Waals surface area contributed by atoms with Gasteiger partial charge in [0.25, 0.3) is 0 Å². The Morgan fingerprint density at radius 1 is 1.38 bits per heavy atom. The summed E-state index contributed by atoms with van der Waals surface area (Å²) < 4.78 is 5.20. The number of nitrogens with one attached hydrogen (secondary N) is 1. The van der Waals surface area contributed by atoms with Crippen LogP contribution in [0.15, 0.2) is 30.3 Å². The van der Waals surface area contributed by atoms with Crippen molar-refractivity contribution in [1.82, 2.24) is 4.98 Å². The molecular weight excluding hydrogens is 268 g/mol. The van der Waals surface area contributed by atoms with Gasteiger partial charge in [0.1, 0.15) is 5.82 Å². The molecule has 0 aliphatic carbocycles. The molecule has 0 aliphatic heterocycles. The van der Waals surface area contributed by atoms with E-state index in [9.17, 15) is 9.90 Å². The SMILES string of the molecule is CCCC(COC)Nc1ccc2c(C(=O)O)cccc2n1. The number of pyridine rings is 1. The molecular formula is C16H20N2O3. The second-order valence-corrected chi connectivity index (χ2v) is 4.96. The number of carbonyl (C=O) groups is 1. The van der Waals surface area contributed by atoms with E-state index in [-0.39, 0.29) is 11.6 Å². The van der Waals surface area contributed by atoms with Gasteiger partial charge in [-0.3, -0.25) is 0 Å². The van der Waals surface area contributed by atoms with Crippen molar-refractivity contribution in [2.75, 3.05) is 19.0 Å². The van der Waals surface area contributed by atoms with E-state index < -0.39 is 5.97 Å². The fourth-order valence-electron chi connectivity index (χ4n) is 2.38. The molecule has 21 heavy (non-hydrogen) atoms. The van der Waals surface area contributed by atoms with Crippen molar-refractivity contribution in [2.24, 2.45) is 0 Å². The van der Waals surface area contributed by atoms with E-state index in [2.05, 4.69) is 17.2 Å². The standard InChI is InChI=1S/C16H20N2O3/c1-3-5-11(10-21-2)17-15-9-8-12-13(16(19)20)6-4-7-14(12)18-15/h4,6-9,11H,3,5,10H2,1-2H3,(H,17,18)(H,19,20). The summed E-state index contributed by atoms with van der Waals surface area (Å²) in [4.78, 5) is 15.7. The van der Waals surface area contributed by atoms with Crippen LogP contribution in [0, 0.1) is 0 Å². The number of nitrogens with zero attached hydrogens (tertiary/aromatic N) is 1. The summed E-state index contributed by atoms with van der Waals surface area (Å²) >= 11 is 0. The zero-order valence-electron chi connectivity index (χ0n) is 12.3. The monoisotopic (exact) mass is 288 g/mol. The molecule has 1 unspecified atom stereocenters. The maximum Gasteiger partial charge on any atom is 0.336 e. The number of ether oxygens (including phenoxy) is 1. The Labute approximate surface area is 124 Å². The van der Waals surface area contributed by atoms with Crippen LogP contribution in [0.3, 0.4) is 0 Å². The lowest BCUT2D eigenvalue weighted by Gasteiger charge is -2.18. The van der Waals surface area contributed by atoms with Gasteiger partial charge in [-0.2, -0.15) is 0 Å². The highest BCUT2D eigenvalue weighted by molar-refractivity contribution is 6.02. The third-order valence-corrected chi connectivity index (χ3v) is 3.32. The van der Waals surface area contributed by atoms with Crippen LogP contribution in [0.25, 0.3) is 10.9 Å². The normalized spacial score (nSPS) is 12.3. The summed E-state index contributed by atoms with van der Waals surface area (Å²) in [6.07, 6.45) is 2.04. The van der Waals surface area contributed by atoms with E-state index in [1.807, 2.05) is 12.1 Å². The van der Waals surface area contributed by atoms with Gasteiger partial charge in [-0.25, -0.2) is 9.78 Å². The maximum absolute atomic E-state index is 11.2. The zero-order chi connectivity index (χ0) is 15.2. The van der Waals surface area contributed by atoms with Gasteiger partial charge in [-0.15, -0.1) is 0 Å². The van der Waals surface area contributed by atoms with Crippen molar-refractivity contribution < 1.29 is 14.6 Å². The summed E-state index contributed by atoms with van der Waals surface area (Å²) in [6.45, 7) is 2.74. The lowest BCUT2D eigenvalue weighted by Crippen LogP contribution is -2.25. The molecule has 0 spiro atoms. The van der Waals surface area contributed by atoms with E-state index in [1.54, 1.807) is 25.3 Å². The van der Waals surface area contributed by atoms with Crippen LogP contribution in [0.5, 0.6) is 0 Å². The fourth-order valence-corrected chi connectivity index (χ4v) is 2.38. The molecule has 1 heterocycles. The van der Waals surface area contributed by atoms with Crippen molar-refractivity contribution in [3.8, 4) is 0 Å². The molecule has 0 saturated heterocycles. The van der Waals surface area contributed by atoms with Crippen LogP contribution in [0.1, 0.15) is 30.1 Å². The number of aromatic carboxylic acids is 1. The molecule has 1 aromatic heterocycles. The van der Waals surface area contributed by atoms with Gasteiger partial charge in [0.05, 0.1) is 23.7 Å². The Bertz CT molecular complexity index is 622. The van der Waals surface area contributed by atoms with Gasteiger partial charge in [-0.05, 0) is 30.7 Å². The molecule has 0 amide bonds. The van der Waals surface area contributed by atoms with Crippen LogP contribution < -0.4 is 5.32 Å². The quantitative estimate of drug-likeness (QED) is 0.819. The van der Waals surface area contributed by atoms with Gasteiger partial charge < -0.3 is 15.2 Å². The summed E-state index contributed by atoms with van der Waals surface area (Å²) in [5.41, 5.74) is 0.945. The van der Waals surface area contributed by atoms with Gasteiger partial charge in [0.2, 0.25) is 0 Å². The minimum absolute atomic E-state index is 0.201. The van der Waals surface area contributed by atoms with E-state index in [0.29, 0.717) is 17.5 Å². The van der Waals surface area contributed by atoms with Gasteiger partial charge in [0, 0.05) is 12.5 Å². The smallest absolute Gasteiger partial charge is 0.336 e. The molecule has 0 bridgehead atoms. The molecule has 1 atom stereocenters. The average molecular weight is 288 g/mol. The van der Waals surface area contributed by atoms with Crippen LogP contribution in [-0.2, 0) is 4.74 Å². The van der Waals surface area contributed by atoms with Crippen LogP contribution in [0.2, 0.25) is 0 Å². The summed E-state index contributed by atoms with van der Waals surface area (Å²) in [5.74, 6) is -0.202. The van der Waals surface area contributed by atoms with Gasteiger partial charge in [-0.1, -0.05) is 19.4 Å².